The number of fused-ring (bicyclic) bond motifs is 2. The number of pyridine rings is 1. The van der Waals surface area contributed by atoms with Gasteiger partial charge in [0.05, 0.1) is 33.3 Å². The van der Waals surface area contributed by atoms with Crippen LogP contribution in [-0.4, -0.2) is 32.3 Å². The van der Waals surface area contributed by atoms with Crippen molar-refractivity contribution in [1.29, 1.82) is 0 Å². The van der Waals surface area contributed by atoms with Gasteiger partial charge in [0.1, 0.15) is 5.75 Å². The van der Waals surface area contributed by atoms with E-state index in [1.54, 1.807) is 26.5 Å². The Kier molecular flexibility index (Phi) is 4.32. The predicted molar refractivity (Wildman–Crippen MR) is 99.9 cm³/mol. The number of benzene rings is 2. The summed E-state index contributed by atoms with van der Waals surface area (Å²) in [5.74, 6) is 1.34. The second kappa shape index (κ2) is 6.79. The first-order valence-electron chi connectivity index (χ1n) is 8.54. The van der Waals surface area contributed by atoms with E-state index in [4.69, 9.17) is 18.9 Å². The van der Waals surface area contributed by atoms with Crippen LogP contribution in [0.1, 0.15) is 23.5 Å². The minimum atomic E-state index is -0.298. The molecule has 6 nitrogen and oxygen atoms in total. The van der Waals surface area contributed by atoms with E-state index < -0.39 is 0 Å². The monoisotopic (exact) mass is 365 g/mol. The van der Waals surface area contributed by atoms with Crippen LogP contribution in [0.5, 0.6) is 23.0 Å². The average molecular weight is 365 g/mol. The standard InChI is InChI=1S/C21H19NO5/c1-24-17-11-16-19(21(26-3)20(17)25-2)14(10-18(23)27-16)12-6-7-15-13(9-12)5-4-8-22-15/h4-9,11,14H,10H2,1-3H3/t14-/m1/s1. The maximum atomic E-state index is 12.3. The van der Waals surface area contributed by atoms with Crippen molar-refractivity contribution in [2.24, 2.45) is 0 Å². The molecule has 2 heterocycles. The number of carbonyl (C=O) groups is 1. The maximum Gasteiger partial charge on any atom is 0.312 e. The highest BCUT2D eigenvalue weighted by Gasteiger charge is 2.35. The molecule has 0 radical (unpaired) electrons. The van der Waals surface area contributed by atoms with Crippen molar-refractivity contribution < 1.29 is 23.7 Å². The number of aromatic nitrogens is 1. The van der Waals surface area contributed by atoms with Gasteiger partial charge in [-0.25, -0.2) is 0 Å². The summed E-state index contributed by atoms with van der Waals surface area (Å²) in [6.07, 6.45) is 1.97. The number of rotatable bonds is 4. The van der Waals surface area contributed by atoms with E-state index in [0.29, 0.717) is 23.0 Å². The number of nitrogens with zero attached hydrogens (tertiary/aromatic N) is 1. The molecule has 0 aliphatic carbocycles. The highest BCUT2D eigenvalue weighted by molar-refractivity contribution is 5.83. The number of hydrogen-bond donors (Lipinski definition) is 0. The van der Waals surface area contributed by atoms with Crippen molar-refractivity contribution >= 4 is 16.9 Å². The molecule has 6 heteroatoms. The summed E-state index contributed by atoms with van der Waals surface area (Å²) in [6, 6.07) is 11.5. The molecule has 2 aromatic carbocycles. The van der Waals surface area contributed by atoms with Crippen LogP contribution in [0.25, 0.3) is 10.9 Å². The van der Waals surface area contributed by atoms with Crippen LogP contribution in [0.4, 0.5) is 0 Å². The maximum absolute atomic E-state index is 12.3. The smallest absolute Gasteiger partial charge is 0.312 e. The fourth-order valence-electron chi connectivity index (χ4n) is 3.60. The summed E-state index contributed by atoms with van der Waals surface area (Å²) in [6.45, 7) is 0. The summed E-state index contributed by atoms with van der Waals surface area (Å²) in [4.78, 5) is 16.6. The van der Waals surface area contributed by atoms with E-state index in [-0.39, 0.29) is 18.3 Å². The quantitative estimate of drug-likeness (QED) is 0.519. The second-order valence-corrected chi connectivity index (χ2v) is 6.24. The van der Waals surface area contributed by atoms with E-state index in [0.717, 1.165) is 22.0 Å². The largest absolute Gasteiger partial charge is 0.493 e. The van der Waals surface area contributed by atoms with Gasteiger partial charge in [-0.2, -0.15) is 0 Å². The van der Waals surface area contributed by atoms with Crippen molar-refractivity contribution in [3.05, 3.63) is 53.7 Å². The lowest BCUT2D eigenvalue weighted by Gasteiger charge is -2.28. The first-order chi connectivity index (χ1) is 13.2. The van der Waals surface area contributed by atoms with Gasteiger partial charge in [0.2, 0.25) is 5.75 Å². The van der Waals surface area contributed by atoms with Gasteiger partial charge in [-0.05, 0) is 23.8 Å². The van der Waals surface area contributed by atoms with Crippen LogP contribution in [0.15, 0.2) is 42.6 Å². The first kappa shape index (κ1) is 17.1. The normalized spacial score (nSPS) is 15.8. The van der Waals surface area contributed by atoms with Crippen LogP contribution >= 0.6 is 0 Å². The molecule has 3 aromatic rings. The molecule has 0 N–H and O–H groups in total. The number of methoxy groups -OCH3 is 3. The SMILES string of the molecule is COc1cc2c(c(OC)c1OC)[C@@H](c1ccc3ncccc3c1)CC(=O)O2. The van der Waals surface area contributed by atoms with Crippen LogP contribution in [0.3, 0.4) is 0 Å². The predicted octanol–water partition coefficient (Wildman–Crippen LogP) is 3.70. The van der Waals surface area contributed by atoms with Crippen molar-refractivity contribution in [3.8, 4) is 23.0 Å². The third-order valence-corrected chi connectivity index (χ3v) is 4.80. The molecule has 4 rings (SSSR count). The molecule has 1 aromatic heterocycles. The summed E-state index contributed by atoms with van der Waals surface area (Å²) in [7, 11) is 4.65. The van der Waals surface area contributed by atoms with Gasteiger partial charge in [-0.15, -0.1) is 0 Å². The summed E-state index contributed by atoms with van der Waals surface area (Å²) in [5, 5.41) is 1.01. The van der Waals surface area contributed by atoms with E-state index in [2.05, 4.69) is 4.98 Å². The molecule has 0 unspecified atom stereocenters. The molecule has 0 saturated heterocycles. The topological polar surface area (TPSA) is 66.9 Å². The summed E-state index contributed by atoms with van der Waals surface area (Å²) in [5.41, 5.74) is 2.66. The van der Waals surface area contributed by atoms with E-state index in [1.165, 1.54) is 7.11 Å². The Morgan fingerprint density at radius 2 is 1.85 bits per heavy atom. The Balaban J connectivity index is 1.94. The lowest BCUT2D eigenvalue weighted by Crippen LogP contribution is -2.22. The molecule has 27 heavy (non-hydrogen) atoms. The molecule has 0 spiro atoms. The zero-order valence-electron chi connectivity index (χ0n) is 15.3. The molecule has 0 bridgehead atoms. The zero-order chi connectivity index (χ0) is 19.0. The van der Waals surface area contributed by atoms with E-state index in [1.807, 2.05) is 30.3 Å². The third kappa shape index (κ3) is 2.83. The Hall–Kier alpha value is -3.28. The molecule has 0 saturated carbocycles. The van der Waals surface area contributed by atoms with Crippen molar-refractivity contribution in [2.75, 3.05) is 21.3 Å². The molecule has 1 aliphatic heterocycles. The van der Waals surface area contributed by atoms with Gasteiger partial charge < -0.3 is 18.9 Å². The number of hydrogen-bond acceptors (Lipinski definition) is 6. The molecule has 0 fully saturated rings. The van der Waals surface area contributed by atoms with Crippen LogP contribution in [0.2, 0.25) is 0 Å². The Morgan fingerprint density at radius 3 is 2.59 bits per heavy atom. The van der Waals surface area contributed by atoms with Gasteiger partial charge in [-0.3, -0.25) is 9.78 Å². The van der Waals surface area contributed by atoms with Gasteiger partial charge in [0.15, 0.2) is 11.5 Å². The van der Waals surface area contributed by atoms with Crippen LogP contribution < -0.4 is 18.9 Å². The van der Waals surface area contributed by atoms with Crippen LogP contribution in [0, 0.1) is 0 Å². The lowest BCUT2D eigenvalue weighted by molar-refractivity contribution is -0.135. The van der Waals surface area contributed by atoms with Crippen molar-refractivity contribution in [3.63, 3.8) is 0 Å². The lowest BCUT2D eigenvalue weighted by atomic mass is 9.85. The Labute approximate surface area is 156 Å². The highest BCUT2D eigenvalue weighted by atomic mass is 16.5. The fraction of sp³-hybridized carbons (Fsp3) is 0.238. The average Bonchev–Trinajstić information content (AvgIpc) is 2.71. The van der Waals surface area contributed by atoms with E-state index in [9.17, 15) is 4.79 Å². The third-order valence-electron chi connectivity index (χ3n) is 4.80. The Bertz CT molecular complexity index is 1030. The fourth-order valence-corrected chi connectivity index (χ4v) is 3.60. The van der Waals surface area contributed by atoms with Crippen molar-refractivity contribution in [1.82, 2.24) is 4.98 Å². The van der Waals surface area contributed by atoms with Crippen molar-refractivity contribution in [2.45, 2.75) is 12.3 Å². The molecule has 0 amide bonds. The van der Waals surface area contributed by atoms with Gasteiger partial charge >= 0.3 is 5.97 Å². The highest BCUT2D eigenvalue weighted by Crippen LogP contribution is 2.52. The number of esters is 1. The van der Waals surface area contributed by atoms with Crippen LogP contribution in [-0.2, 0) is 4.79 Å². The summed E-state index contributed by atoms with van der Waals surface area (Å²) < 4.78 is 22.0. The molecule has 138 valence electrons. The molecular weight excluding hydrogens is 346 g/mol. The minimum Gasteiger partial charge on any atom is -0.493 e. The molecule has 1 aliphatic rings. The zero-order valence-corrected chi connectivity index (χ0v) is 15.3. The van der Waals surface area contributed by atoms with Gasteiger partial charge in [-0.1, -0.05) is 12.1 Å². The first-order valence-corrected chi connectivity index (χ1v) is 8.54. The van der Waals surface area contributed by atoms with Gasteiger partial charge in [0, 0.05) is 29.1 Å². The molecular formula is C21H19NO5. The molecule has 1 atom stereocenters. The second-order valence-electron chi connectivity index (χ2n) is 6.24. The summed E-state index contributed by atoms with van der Waals surface area (Å²) >= 11 is 0. The Morgan fingerprint density at radius 1 is 1.04 bits per heavy atom. The number of carbonyl (C=O) groups excluding carboxylic acids is 1. The minimum absolute atomic E-state index is 0.213. The number of ether oxygens (including phenoxy) is 4. The van der Waals surface area contributed by atoms with E-state index >= 15 is 0 Å². The van der Waals surface area contributed by atoms with Gasteiger partial charge in [0.25, 0.3) is 0 Å².